The van der Waals surface area contributed by atoms with Gasteiger partial charge < -0.3 is 14.2 Å². The van der Waals surface area contributed by atoms with E-state index >= 15 is 0 Å². The Balaban J connectivity index is 1.55. The van der Waals surface area contributed by atoms with Crippen LogP contribution in [0, 0.1) is 34.5 Å². The summed E-state index contributed by atoms with van der Waals surface area (Å²) in [4.78, 5) is 50.5. The van der Waals surface area contributed by atoms with E-state index in [0.29, 0.717) is 23.0 Å². The van der Waals surface area contributed by atoms with Crippen molar-refractivity contribution in [2.45, 2.75) is 85.2 Å². The maximum absolute atomic E-state index is 13.1. The molecule has 0 N–H and O–H groups in total. The van der Waals surface area contributed by atoms with Crippen molar-refractivity contribution in [2.75, 3.05) is 14.2 Å². The molecule has 7 heteroatoms. The Bertz CT molecular complexity index is 1190. The molecule has 0 unspecified atom stereocenters. The zero-order valence-electron chi connectivity index (χ0n) is 23.5. The van der Waals surface area contributed by atoms with Crippen LogP contribution in [-0.4, -0.2) is 44.0 Å². The molecule has 7 nitrogen and oxygen atoms in total. The number of fused-ring (bicyclic) bond motifs is 7. The number of carbonyl (C=O) groups excluding carboxylic acids is 4. The average Bonchev–Trinajstić information content (AvgIpc) is 3.19. The molecule has 5 aliphatic rings. The first-order valence-electron chi connectivity index (χ1n) is 14.0. The molecule has 0 aromatic heterocycles. The lowest BCUT2D eigenvalue weighted by Gasteiger charge is -2.57. The summed E-state index contributed by atoms with van der Waals surface area (Å²) in [6, 6.07) is 0. The predicted octanol–water partition coefficient (Wildman–Crippen LogP) is 5.04. The van der Waals surface area contributed by atoms with Gasteiger partial charge in [0.15, 0.2) is 5.78 Å². The highest BCUT2D eigenvalue weighted by molar-refractivity contribution is 6.06. The van der Waals surface area contributed by atoms with Crippen LogP contribution in [-0.2, 0) is 33.4 Å². The Morgan fingerprint density at radius 1 is 0.895 bits per heavy atom. The molecule has 0 aliphatic heterocycles. The molecule has 3 saturated carbocycles. The molecule has 38 heavy (non-hydrogen) atoms. The molecule has 7 atom stereocenters. The van der Waals surface area contributed by atoms with E-state index in [1.54, 1.807) is 6.92 Å². The normalized spacial score (nSPS) is 37.7. The summed E-state index contributed by atoms with van der Waals surface area (Å²) in [6.07, 6.45) is 8.80. The van der Waals surface area contributed by atoms with Crippen LogP contribution in [0.25, 0.3) is 0 Å². The van der Waals surface area contributed by atoms with Gasteiger partial charge in [-0.25, -0.2) is 9.59 Å². The van der Waals surface area contributed by atoms with Crippen LogP contribution in [0.4, 0.5) is 0 Å². The van der Waals surface area contributed by atoms with Gasteiger partial charge in [0, 0.05) is 25.7 Å². The highest BCUT2D eigenvalue weighted by Crippen LogP contribution is 2.69. The van der Waals surface area contributed by atoms with E-state index in [-0.39, 0.29) is 52.5 Å². The van der Waals surface area contributed by atoms with E-state index in [2.05, 4.69) is 19.9 Å². The third-order valence-electron chi connectivity index (χ3n) is 10.8. The summed E-state index contributed by atoms with van der Waals surface area (Å²) in [5.41, 5.74) is 3.63. The molecule has 0 amide bonds. The minimum absolute atomic E-state index is 0.0408. The lowest BCUT2D eigenvalue weighted by Crippen LogP contribution is -2.50. The quantitative estimate of drug-likeness (QED) is 0.289. The fraction of sp³-hybridized carbons (Fsp3) is 0.677. The molecule has 0 spiro atoms. The monoisotopic (exact) mass is 524 g/mol. The standard InChI is InChI=1S/C31H40O7/c1-16(32)21-14-23(28(34)36-5)26(29(35)37-6)22-15-25-20-8-7-18-13-19(38-17(2)33)9-11-30(18,3)24(20)10-12-31(25,4)27(21)22/h7,19-20,22,24-25H,8-15H2,1-6H3/t19-,20-,22+,24+,25+,30-,31-/m0/s1. The van der Waals surface area contributed by atoms with Crippen molar-refractivity contribution in [3.8, 4) is 0 Å². The van der Waals surface area contributed by atoms with Crippen LogP contribution in [0.5, 0.6) is 0 Å². The van der Waals surface area contributed by atoms with Crippen molar-refractivity contribution in [1.29, 1.82) is 0 Å². The molecular formula is C31H40O7. The topological polar surface area (TPSA) is 96.0 Å². The first-order valence-corrected chi connectivity index (χ1v) is 14.0. The molecule has 0 heterocycles. The number of ketones is 1. The Morgan fingerprint density at radius 2 is 1.58 bits per heavy atom. The summed E-state index contributed by atoms with van der Waals surface area (Å²) in [5.74, 6) is -0.445. The van der Waals surface area contributed by atoms with Gasteiger partial charge in [0.25, 0.3) is 0 Å². The molecule has 0 saturated heterocycles. The van der Waals surface area contributed by atoms with Crippen molar-refractivity contribution >= 4 is 23.7 Å². The Morgan fingerprint density at radius 3 is 2.21 bits per heavy atom. The van der Waals surface area contributed by atoms with Gasteiger partial charge in [-0.05, 0) is 85.2 Å². The van der Waals surface area contributed by atoms with Crippen LogP contribution in [0.1, 0.15) is 79.1 Å². The Hall–Kier alpha value is -2.70. The van der Waals surface area contributed by atoms with Gasteiger partial charge >= 0.3 is 17.9 Å². The lowest BCUT2D eigenvalue weighted by atomic mass is 9.47. The third-order valence-corrected chi connectivity index (χ3v) is 10.8. The van der Waals surface area contributed by atoms with Crippen LogP contribution >= 0.6 is 0 Å². The van der Waals surface area contributed by atoms with Crippen molar-refractivity contribution in [2.24, 2.45) is 34.5 Å². The highest BCUT2D eigenvalue weighted by atomic mass is 16.5. The second kappa shape index (κ2) is 9.49. The molecule has 206 valence electrons. The maximum atomic E-state index is 13.1. The number of allylic oxidation sites excluding steroid dienone is 3. The van der Waals surface area contributed by atoms with E-state index in [1.807, 2.05) is 0 Å². The van der Waals surface area contributed by atoms with Gasteiger partial charge in [0.05, 0.1) is 25.4 Å². The van der Waals surface area contributed by atoms with Gasteiger partial charge in [0.1, 0.15) is 6.10 Å². The van der Waals surface area contributed by atoms with E-state index in [4.69, 9.17) is 14.2 Å². The van der Waals surface area contributed by atoms with E-state index in [0.717, 1.165) is 50.5 Å². The fourth-order valence-electron chi connectivity index (χ4n) is 9.21. The maximum Gasteiger partial charge on any atom is 0.334 e. The van der Waals surface area contributed by atoms with Crippen molar-refractivity contribution in [1.82, 2.24) is 0 Å². The number of esters is 3. The summed E-state index contributed by atoms with van der Waals surface area (Å²) in [7, 11) is 2.65. The number of hydrogen-bond acceptors (Lipinski definition) is 7. The minimum atomic E-state index is -0.566. The SMILES string of the molecule is COC(=O)C1=C(C(=O)OC)[C@H]2C[C@@H]3[C@H]4CC=C5C[C@@H](OC(C)=O)CC[C@]5(C)[C@@H]4CC[C@]3(C)C2=C(C(C)=O)C1. The number of Topliss-reactive ketones (excluding diaryl/α,β-unsaturated/α-hetero) is 1. The predicted molar refractivity (Wildman–Crippen MR) is 140 cm³/mol. The Kier molecular flexibility index (Phi) is 6.72. The van der Waals surface area contributed by atoms with Gasteiger partial charge in [0.2, 0.25) is 0 Å². The van der Waals surface area contributed by atoms with Crippen LogP contribution in [0.15, 0.2) is 33.9 Å². The second-order valence-corrected chi connectivity index (χ2v) is 12.5. The number of rotatable bonds is 4. The zero-order valence-corrected chi connectivity index (χ0v) is 23.5. The van der Waals surface area contributed by atoms with E-state index in [9.17, 15) is 19.2 Å². The number of carbonyl (C=O) groups is 4. The summed E-state index contributed by atoms with van der Waals surface area (Å²) < 4.78 is 15.8. The molecular weight excluding hydrogens is 484 g/mol. The van der Waals surface area contributed by atoms with Crippen LogP contribution in [0.3, 0.4) is 0 Å². The minimum Gasteiger partial charge on any atom is -0.466 e. The van der Waals surface area contributed by atoms with E-state index in [1.165, 1.54) is 26.7 Å². The molecule has 0 aromatic rings. The summed E-state index contributed by atoms with van der Waals surface area (Å²) >= 11 is 0. The number of hydrogen-bond donors (Lipinski definition) is 0. The van der Waals surface area contributed by atoms with Crippen molar-refractivity contribution in [3.05, 3.63) is 33.9 Å². The van der Waals surface area contributed by atoms with E-state index < -0.39 is 11.9 Å². The number of ether oxygens (including phenoxy) is 3. The summed E-state index contributed by atoms with van der Waals surface area (Å²) in [6.45, 7) is 7.72. The zero-order chi connectivity index (χ0) is 27.6. The van der Waals surface area contributed by atoms with Gasteiger partial charge in [-0.2, -0.15) is 0 Å². The molecule has 0 bridgehead atoms. The third kappa shape index (κ3) is 3.91. The molecule has 5 rings (SSSR count). The molecule has 0 radical (unpaired) electrons. The van der Waals surface area contributed by atoms with Crippen molar-refractivity contribution in [3.63, 3.8) is 0 Å². The van der Waals surface area contributed by atoms with Crippen LogP contribution < -0.4 is 0 Å². The van der Waals surface area contributed by atoms with Crippen molar-refractivity contribution < 1.29 is 33.4 Å². The molecule has 5 aliphatic carbocycles. The molecule has 3 fully saturated rings. The summed E-state index contributed by atoms with van der Waals surface area (Å²) in [5, 5.41) is 0. The smallest absolute Gasteiger partial charge is 0.334 e. The second-order valence-electron chi connectivity index (χ2n) is 12.5. The lowest BCUT2D eigenvalue weighted by molar-refractivity contribution is -0.148. The molecule has 0 aromatic carbocycles. The number of methoxy groups -OCH3 is 2. The highest BCUT2D eigenvalue weighted by Gasteiger charge is 2.62. The first kappa shape index (κ1) is 26.9. The average molecular weight is 525 g/mol. The first-order chi connectivity index (χ1) is 18.0. The largest absolute Gasteiger partial charge is 0.466 e. The van der Waals surface area contributed by atoms with Gasteiger partial charge in [-0.15, -0.1) is 0 Å². The Labute approximate surface area is 225 Å². The van der Waals surface area contributed by atoms with Gasteiger partial charge in [-0.1, -0.05) is 25.5 Å². The van der Waals surface area contributed by atoms with Crippen LogP contribution in [0.2, 0.25) is 0 Å². The fourth-order valence-corrected chi connectivity index (χ4v) is 9.21. The van der Waals surface area contributed by atoms with Gasteiger partial charge in [-0.3, -0.25) is 9.59 Å².